The number of carbonyl (C=O) groups excluding carboxylic acids is 1. The van der Waals surface area contributed by atoms with Gasteiger partial charge in [-0.3, -0.25) is 4.79 Å². The van der Waals surface area contributed by atoms with Gasteiger partial charge in [0.05, 0.1) is 37.1 Å². The summed E-state index contributed by atoms with van der Waals surface area (Å²) in [5, 5.41) is 34.2. The SMILES string of the molecule is CO[C@H]1C[C@H](O[C@@H]2/C(C)=C/C[C@@H]3C[C@@H](C[C@]4(C=C[C@H](C)[C@@H](C5CCCCC5)O4)O3)OC(=O)[C@@H]3C=C(C)[C@@H](O)[C@H]4OC/C(=C/C=C/[C@@H]2C)[C@]43O)O[C@@H](C)[C@@H]1O. The minimum atomic E-state index is -1.81. The van der Waals surface area contributed by atoms with Gasteiger partial charge in [0.2, 0.25) is 0 Å². The Kier molecular flexibility index (Phi) is 12.1. The van der Waals surface area contributed by atoms with Crippen molar-refractivity contribution >= 4 is 5.97 Å². The molecular formula is C43H62O11. The van der Waals surface area contributed by atoms with Crippen LogP contribution >= 0.6 is 0 Å². The van der Waals surface area contributed by atoms with Gasteiger partial charge in [-0.2, -0.15) is 0 Å². The highest BCUT2D eigenvalue weighted by Gasteiger charge is 2.60. The van der Waals surface area contributed by atoms with Gasteiger partial charge >= 0.3 is 5.97 Å². The first-order valence-corrected chi connectivity index (χ1v) is 20.3. The fourth-order valence-electron chi connectivity index (χ4n) is 9.99. The van der Waals surface area contributed by atoms with Gasteiger partial charge in [-0.15, -0.1) is 0 Å². The molecule has 2 aliphatic carbocycles. The third kappa shape index (κ3) is 7.87. The number of hydrogen-bond acceptors (Lipinski definition) is 11. The molecule has 5 aliphatic heterocycles. The Hall–Kier alpha value is -2.19. The van der Waals surface area contributed by atoms with E-state index in [0.29, 0.717) is 42.7 Å². The highest BCUT2D eigenvalue weighted by molar-refractivity contribution is 5.78. The van der Waals surface area contributed by atoms with Crippen molar-refractivity contribution in [2.75, 3.05) is 13.7 Å². The average molecular weight is 755 g/mol. The summed E-state index contributed by atoms with van der Waals surface area (Å²) in [4.78, 5) is 14.3. The maximum atomic E-state index is 14.3. The molecule has 0 unspecified atom stereocenters. The second-order valence-electron chi connectivity index (χ2n) is 17.1. The summed E-state index contributed by atoms with van der Waals surface area (Å²) in [6.45, 7) is 9.92. The number of aliphatic hydroxyl groups excluding tert-OH is 2. The Morgan fingerprint density at radius 1 is 0.944 bits per heavy atom. The lowest BCUT2D eigenvalue weighted by molar-refractivity contribution is -0.301. The van der Waals surface area contributed by atoms with E-state index in [1.165, 1.54) is 19.3 Å². The highest BCUT2D eigenvalue weighted by atomic mass is 16.7. The van der Waals surface area contributed by atoms with Gasteiger partial charge in [0.1, 0.15) is 35.9 Å². The topological polar surface area (TPSA) is 142 Å². The number of ether oxygens (including phenoxy) is 7. The van der Waals surface area contributed by atoms with Crippen molar-refractivity contribution < 1.29 is 53.3 Å². The van der Waals surface area contributed by atoms with E-state index in [9.17, 15) is 20.1 Å². The van der Waals surface area contributed by atoms with Crippen LogP contribution in [0.4, 0.5) is 0 Å². The molecule has 3 saturated heterocycles. The molecule has 1 spiro atoms. The van der Waals surface area contributed by atoms with E-state index >= 15 is 0 Å². The number of rotatable bonds is 4. The summed E-state index contributed by atoms with van der Waals surface area (Å²) >= 11 is 0. The van der Waals surface area contributed by atoms with Crippen molar-refractivity contribution in [2.45, 2.75) is 165 Å². The molecule has 0 aromatic rings. The number of fused-ring (bicyclic) bond motifs is 2. The molecule has 7 aliphatic rings. The molecule has 1 saturated carbocycles. The monoisotopic (exact) mass is 754 g/mol. The van der Waals surface area contributed by atoms with Crippen LogP contribution in [0, 0.1) is 23.7 Å². The Morgan fingerprint density at radius 2 is 1.72 bits per heavy atom. The first-order chi connectivity index (χ1) is 25.8. The molecule has 300 valence electrons. The Labute approximate surface area is 320 Å². The molecule has 11 nitrogen and oxygen atoms in total. The molecule has 0 radical (unpaired) electrons. The summed E-state index contributed by atoms with van der Waals surface area (Å²) in [5.74, 6) is -2.20. The standard InChI is InChI=1S/C43H62O11/c1-24-11-10-14-30-23-49-40-36(44)27(4)19-33(43(30,40)47)41(46)51-32-20-31(16-15-25(2)38(24)52-35-21-34(48-6)37(45)28(5)50-35)53-42(22-32)18-17-26(3)39(54-42)29-12-8-7-9-13-29/h10-11,14-15,17-19,24,26,28-29,31-40,44-45,47H,7-9,12-13,16,20-23H2,1-6H3/b11-10+,25-15+,30-14-/t24-,26-,28-,31+,32-,33-,34-,35-,36+,37-,38-,39-,40+,42+,43+/m0/s1. The van der Waals surface area contributed by atoms with Gasteiger partial charge in [0.25, 0.3) is 0 Å². The third-order valence-electron chi connectivity index (χ3n) is 13.2. The fraction of sp³-hybridized carbons (Fsp3) is 0.744. The normalized spacial score (nSPS) is 48.9. The number of allylic oxidation sites excluding steroid dienone is 2. The van der Waals surface area contributed by atoms with Crippen LogP contribution in [-0.4, -0.2) is 108 Å². The first-order valence-electron chi connectivity index (χ1n) is 20.3. The zero-order valence-corrected chi connectivity index (χ0v) is 32.8. The summed E-state index contributed by atoms with van der Waals surface area (Å²) < 4.78 is 44.8. The van der Waals surface area contributed by atoms with Gasteiger partial charge < -0.3 is 48.5 Å². The second-order valence-corrected chi connectivity index (χ2v) is 17.1. The highest BCUT2D eigenvalue weighted by Crippen LogP contribution is 2.47. The number of methoxy groups -OCH3 is 1. The lowest BCUT2D eigenvalue weighted by Gasteiger charge is -2.49. The van der Waals surface area contributed by atoms with E-state index in [-0.39, 0.29) is 30.7 Å². The summed E-state index contributed by atoms with van der Waals surface area (Å²) in [6.07, 6.45) is 15.5. The van der Waals surface area contributed by atoms with Crippen molar-refractivity contribution in [2.24, 2.45) is 23.7 Å². The van der Waals surface area contributed by atoms with E-state index in [2.05, 4.69) is 26.0 Å². The van der Waals surface area contributed by atoms with Crippen molar-refractivity contribution in [1.29, 1.82) is 0 Å². The average Bonchev–Trinajstić information content (AvgIpc) is 3.49. The molecule has 3 N–H and O–H groups in total. The van der Waals surface area contributed by atoms with Crippen LogP contribution in [0.5, 0.6) is 0 Å². The first kappa shape index (κ1) is 40.0. The smallest absolute Gasteiger partial charge is 0.316 e. The van der Waals surface area contributed by atoms with Crippen molar-refractivity contribution in [1.82, 2.24) is 0 Å². The molecule has 11 heteroatoms. The number of carbonyl (C=O) groups is 1. The molecule has 0 aromatic carbocycles. The van der Waals surface area contributed by atoms with Crippen LogP contribution in [0.1, 0.15) is 92.4 Å². The van der Waals surface area contributed by atoms with E-state index in [0.717, 1.165) is 18.4 Å². The maximum absolute atomic E-state index is 14.3. The zero-order valence-electron chi connectivity index (χ0n) is 32.8. The molecular weight excluding hydrogens is 692 g/mol. The molecule has 54 heavy (non-hydrogen) atoms. The van der Waals surface area contributed by atoms with Crippen molar-refractivity contribution in [3.8, 4) is 0 Å². The Morgan fingerprint density at radius 3 is 2.48 bits per heavy atom. The quantitative estimate of drug-likeness (QED) is 0.252. The van der Waals surface area contributed by atoms with Crippen molar-refractivity contribution in [3.63, 3.8) is 0 Å². The maximum Gasteiger partial charge on any atom is 0.316 e. The summed E-state index contributed by atoms with van der Waals surface area (Å²) in [5.41, 5.74) is 0.217. The Bertz CT molecular complexity index is 1510. The van der Waals surface area contributed by atoms with Gasteiger partial charge in [-0.1, -0.05) is 69.6 Å². The molecule has 4 fully saturated rings. The van der Waals surface area contributed by atoms with Gasteiger partial charge in [-0.05, 0) is 68.7 Å². The largest absolute Gasteiger partial charge is 0.462 e. The molecule has 5 heterocycles. The van der Waals surface area contributed by atoms with Crippen LogP contribution in [0.25, 0.3) is 0 Å². The molecule has 2 bridgehead atoms. The van der Waals surface area contributed by atoms with Crippen LogP contribution in [-0.2, 0) is 38.0 Å². The number of aliphatic hydroxyl groups is 3. The van der Waals surface area contributed by atoms with E-state index in [1.807, 2.05) is 32.1 Å². The van der Waals surface area contributed by atoms with E-state index < -0.39 is 72.3 Å². The van der Waals surface area contributed by atoms with Gasteiger partial charge in [-0.25, -0.2) is 0 Å². The summed E-state index contributed by atoms with van der Waals surface area (Å²) in [7, 11) is 1.59. The van der Waals surface area contributed by atoms with Crippen LogP contribution in [0.3, 0.4) is 0 Å². The van der Waals surface area contributed by atoms with Crippen LogP contribution in [0.2, 0.25) is 0 Å². The zero-order chi connectivity index (χ0) is 38.4. The summed E-state index contributed by atoms with van der Waals surface area (Å²) in [6, 6.07) is 0. The number of hydrogen-bond donors (Lipinski definition) is 3. The molecule has 0 aromatic heterocycles. The van der Waals surface area contributed by atoms with Crippen LogP contribution in [0.15, 0.2) is 59.3 Å². The second kappa shape index (κ2) is 16.3. The van der Waals surface area contributed by atoms with E-state index in [4.69, 9.17) is 33.2 Å². The number of esters is 1. The third-order valence-corrected chi connectivity index (χ3v) is 13.2. The van der Waals surface area contributed by atoms with Gasteiger partial charge in [0, 0.05) is 38.2 Å². The molecule has 15 atom stereocenters. The molecule has 0 amide bonds. The molecule has 7 rings (SSSR count). The van der Waals surface area contributed by atoms with Gasteiger partial charge in [0.15, 0.2) is 12.1 Å². The predicted molar refractivity (Wildman–Crippen MR) is 200 cm³/mol. The Balaban J connectivity index is 1.24. The van der Waals surface area contributed by atoms with E-state index in [1.54, 1.807) is 26.2 Å². The minimum absolute atomic E-state index is 0.00602. The van der Waals surface area contributed by atoms with Crippen LogP contribution < -0.4 is 0 Å². The lowest BCUT2D eigenvalue weighted by Crippen LogP contribution is -2.58. The lowest BCUT2D eigenvalue weighted by atomic mass is 9.71. The minimum Gasteiger partial charge on any atom is -0.462 e. The van der Waals surface area contributed by atoms with Crippen molar-refractivity contribution in [3.05, 3.63) is 59.3 Å². The predicted octanol–water partition coefficient (Wildman–Crippen LogP) is 5.38. The fourth-order valence-corrected chi connectivity index (χ4v) is 9.99.